The average Bonchev–Trinajstić information content (AvgIpc) is 2.47. The van der Waals surface area contributed by atoms with Gasteiger partial charge in [0.1, 0.15) is 0 Å². The van der Waals surface area contributed by atoms with Crippen LogP contribution < -0.4 is 0 Å². The molecule has 0 N–H and O–H groups in total. The van der Waals surface area contributed by atoms with E-state index < -0.39 is 0 Å². The molecular weight excluding hydrogens is 194 g/mol. The molecule has 0 aromatic carbocycles. The Balaban J connectivity index is 2.32. The molecule has 15 heavy (non-hydrogen) atoms. The van der Waals surface area contributed by atoms with Crippen molar-refractivity contribution >= 4 is 11.7 Å². The number of hydrogen-bond acceptors (Lipinski definition) is 3. The van der Waals surface area contributed by atoms with Gasteiger partial charge < -0.3 is 9.64 Å². The molecule has 0 aromatic rings. The highest BCUT2D eigenvalue weighted by atomic mass is 16.5. The molecule has 1 aliphatic heterocycles. The molecule has 80 valence electrons. The van der Waals surface area contributed by atoms with Gasteiger partial charge in [0.2, 0.25) is 11.7 Å². The van der Waals surface area contributed by atoms with Crippen LogP contribution in [-0.4, -0.2) is 37.3 Å². The number of carbonyl (C=O) groups excluding carboxylic acids is 2. The average molecular weight is 207 g/mol. The maximum Gasteiger partial charge on any atom is 0.223 e. The fourth-order valence-corrected chi connectivity index (χ4v) is 2.07. The zero-order valence-corrected chi connectivity index (χ0v) is 8.82. The lowest BCUT2D eigenvalue weighted by molar-refractivity contribution is -0.126. The van der Waals surface area contributed by atoms with E-state index >= 15 is 0 Å². The summed E-state index contributed by atoms with van der Waals surface area (Å²) in [5.41, 5.74) is -0.342. The Morgan fingerprint density at radius 3 is 2.73 bits per heavy atom. The number of likely N-dealkylation sites (tertiary alicyclic amines) is 1. The quantitative estimate of drug-likeness (QED) is 0.629. The minimum atomic E-state index is -0.342. The Kier molecular flexibility index (Phi) is 2.14. The molecule has 1 fully saturated rings. The standard InChI is InChI=1S/C11H13NO3/c1-12-7-11(6-10(12)14)4-3-8(13)9(5-11)15-2/h3-5H,6-7H2,1-2H3. The van der Waals surface area contributed by atoms with Crippen LogP contribution in [0.15, 0.2) is 24.0 Å². The molecule has 0 radical (unpaired) electrons. The number of rotatable bonds is 1. The summed E-state index contributed by atoms with van der Waals surface area (Å²) in [6.07, 6.45) is 5.47. The van der Waals surface area contributed by atoms with Gasteiger partial charge in [-0.2, -0.15) is 0 Å². The molecule has 2 aliphatic rings. The Bertz CT molecular complexity index is 383. The van der Waals surface area contributed by atoms with E-state index in [9.17, 15) is 9.59 Å². The SMILES string of the molecule is COC1=CC2(C=CC1=O)CC(=O)N(C)C2. The van der Waals surface area contributed by atoms with Crippen LogP contribution in [0, 0.1) is 5.41 Å². The number of hydrogen-bond donors (Lipinski definition) is 0. The van der Waals surface area contributed by atoms with Crippen molar-refractivity contribution in [1.82, 2.24) is 4.90 Å². The summed E-state index contributed by atoms with van der Waals surface area (Å²) in [5, 5.41) is 0. The van der Waals surface area contributed by atoms with Crippen LogP contribution in [0.2, 0.25) is 0 Å². The molecule has 0 bridgehead atoms. The maximum absolute atomic E-state index is 11.5. The van der Waals surface area contributed by atoms with E-state index in [0.717, 1.165) is 0 Å². The van der Waals surface area contributed by atoms with Crippen molar-refractivity contribution in [2.24, 2.45) is 5.41 Å². The van der Waals surface area contributed by atoms with E-state index in [1.54, 1.807) is 24.1 Å². The number of ether oxygens (including phenoxy) is 1. The predicted octanol–water partition coefficient (Wildman–Crippen LogP) is 0.504. The summed E-state index contributed by atoms with van der Waals surface area (Å²) >= 11 is 0. The van der Waals surface area contributed by atoms with Gasteiger partial charge in [-0.3, -0.25) is 9.59 Å². The molecule has 1 unspecified atom stereocenters. The van der Waals surface area contributed by atoms with Crippen molar-refractivity contribution in [2.45, 2.75) is 6.42 Å². The van der Waals surface area contributed by atoms with Crippen LogP contribution in [0.4, 0.5) is 0 Å². The first-order chi connectivity index (χ1) is 7.06. The first-order valence-electron chi connectivity index (χ1n) is 4.81. The van der Waals surface area contributed by atoms with Crippen molar-refractivity contribution in [3.63, 3.8) is 0 Å². The van der Waals surface area contributed by atoms with E-state index in [-0.39, 0.29) is 17.1 Å². The van der Waals surface area contributed by atoms with Crippen molar-refractivity contribution in [1.29, 1.82) is 0 Å². The minimum absolute atomic E-state index is 0.0979. The third kappa shape index (κ3) is 1.56. The lowest BCUT2D eigenvalue weighted by Crippen LogP contribution is -2.25. The van der Waals surface area contributed by atoms with Gasteiger partial charge >= 0.3 is 0 Å². The monoisotopic (exact) mass is 207 g/mol. The van der Waals surface area contributed by atoms with Crippen LogP contribution in [0.3, 0.4) is 0 Å². The van der Waals surface area contributed by atoms with E-state index in [2.05, 4.69) is 0 Å². The second kappa shape index (κ2) is 3.22. The van der Waals surface area contributed by atoms with E-state index in [4.69, 9.17) is 4.74 Å². The molecule has 0 saturated carbocycles. The van der Waals surface area contributed by atoms with Crippen LogP contribution in [0.5, 0.6) is 0 Å². The van der Waals surface area contributed by atoms with E-state index in [1.807, 2.05) is 0 Å². The van der Waals surface area contributed by atoms with Gasteiger partial charge in [0.05, 0.1) is 7.11 Å². The second-order valence-electron chi connectivity index (χ2n) is 4.07. The molecule has 0 aromatic heterocycles. The highest BCUT2D eigenvalue weighted by molar-refractivity contribution is 6.04. The fourth-order valence-electron chi connectivity index (χ4n) is 2.07. The zero-order chi connectivity index (χ0) is 11.1. The summed E-state index contributed by atoms with van der Waals surface area (Å²) in [6.45, 7) is 0.614. The Labute approximate surface area is 88.2 Å². The molecule has 1 heterocycles. The van der Waals surface area contributed by atoms with Crippen LogP contribution in [-0.2, 0) is 14.3 Å². The highest BCUT2D eigenvalue weighted by Crippen LogP contribution is 2.37. The zero-order valence-electron chi connectivity index (χ0n) is 8.82. The molecule has 1 atom stereocenters. The van der Waals surface area contributed by atoms with Gasteiger partial charge in [0.25, 0.3) is 0 Å². The number of nitrogens with zero attached hydrogens (tertiary/aromatic N) is 1. The van der Waals surface area contributed by atoms with Gasteiger partial charge in [-0.15, -0.1) is 0 Å². The Morgan fingerprint density at radius 2 is 2.20 bits per heavy atom. The first-order valence-corrected chi connectivity index (χ1v) is 4.81. The van der Waals surface area contributed by atoms with Crippen LogP contribution in [0.25, 0.3) is 0 Å². The number of allylic oxidation sites excluding steroid dienone is 1. The molecule has 1 aliphatic carbocycles. The number of ketones is 1. The molecule has 4 heteroatoms. The molecular formula is C11H13NO3. The fraction of sp³-hybridized carbons (Fsp3) is 0.455. The molecule has 2 rings (SSSR count). The second-order valence-corrected chi connectivity index (χ2v) is 4.07. The summed E-state index contributed by atoms with van der Waals surface area (Å²) in [4.78, 5) is 24.5. The Morgan fingerprint density at radius 1 is 1.47 bits per heavy atom. The third-order valence-corrected chi connectivity index (χ3v) is 2.89. The topological polar surface area (TPSA) is 46.6 Å². The predicted molar refractivity (Wildman–Crippen MR) is 53.9 cm³/mol. The van der Waals surface area contributed by atoms with Gasteiger partial charge in [-0.05, 0) is 12.2 Å². The van der Waals surface area contributed by atoms with Gasteiger partial charge in [0.15, 0.2) is 5.76 Å². The van der Waals surface area contributed by atoms with Crippen molar-refractivity contribution in [3.8, 4) is 0 Å². The lowest BCUT2D eigenvalue weighted by Gasteiger charge is -2.23. The van der Waals surface area contributed by atoms with Crippen molar-refractivity contribution in [2.75, 3.05) is 20.7 Å². The minimum Gasteiger partial charge on any atom is -0.493 e. The molecule has 1 spiro atoms. The first kappa shape index (κ1) is 9.96. The summed E-state index contributed by atoms with van der Waals surface area (Å²) in [5.74, 6) is 0.298. The largest absolute Gasteiger partial charge is 0.493 e. The summed E-state index contributed by atoms with van der Waals surface area (Å²) in [6, 6.07) is 0. The number of methoxy groups -OCH3 is 1. The number of carbonyl (C=O) groups is 2. The molecule has 1 saturated heterocycles. The maximum atomic E-state index is 11.5. The smallest absolute Gasteiger partial charge is 0.223 e. The summed E-state index contributed by atoms with van der Waals surface area (Å²) in [7, 11) is 3.23. The Hall–Kier alpha value is -1.58. The van der Waals surface area contributed by atoms with Gasteiger partial charge in [0, 0.05) is 25.4 Å². The highest BCUT2D eigenvalue weighted by Gasteiger charge is 2.40. The summed E-state index contributed by atoms with van der Waals surface area (Å²) < 4.78 is 4.99. The lowest BCUT2D eigenvalue weighted by atomic mass is 9.82. The van der Waals surface area contributed by atoms with Gasteiger partial charge in [-0.1, -0.05) is 6.08 Å². The van der Waals surface area contributed by atoms with Gasteiger partial charge in [-0.25, -0.2) is 0 Å². The van der Waals surface area contributed by atoms with Crippen LogP contribution in [0.1, 0.15) is 6.42 Å². The molecule has 1 amide bonds. The third-order valence-electron chi connectivity index (χ3n) is 2.89. The van der Waals surface area contributed by atoms with E-state index in [1.165, 1.54) is 13.2 Å². The number of amides is 1. The van der Waals surface area contributed by atoms with Crippen molar-refractivity contribution < 1.29 is 14.3 Å². The normalized spacial score (nSPS) is 30.0. The molecule has 4 nitrogen and oxygen atoms in total. The van der Waals surface area contributed by atoms with E-state index in [0.29, 0.717) is 18.7 Å². The van der Waals surface area contributed by atoms with Crippen molar-refractivity contribution in [3.05, 3.63) is 24.0 Å². The van der Waals surface area contributed by atoms with Crippen LogP contribution >= 0.6 is 0 Å².